The van der Waals surface area contributed by atoms with Crippen LogP contribution in [0.15, 0.2) is 23.1 Å². The second-order valence-corrected chi connectivity index (χ2v) is 8.65. The highest BCUT2D eigenvalue weighted by Gasteiger charge is 2.32. The number of sulfone groups is 1. The third-order valence-electron chi connectivity index (χ3n) is 3.95. The van der Waals surface area contributed by atoms with Gasteiger partial charge in [-0.1, -0.05) is 0 Å². The first-order valence-electron chi connectivity index (χ1n) is 6.92. The van der Waals surface area contributed by atoms with Crippen LogP contribution in [0.5, 0.6) is 0 Å². The van der Waals surface area contributed by atoms with Crippen LogP contribution in [0.1, 0.15) is 30.9 Å². The number of rotatable bonds is 2. The summed E-state index contributed by atoms with van der Waals surface area (Å²) in [4.78, 5) is 0.297. The maximum atomic E-state index is 13.5. The van der Waals surface area contributed by atoms with Crippen molar-refractivity contribution in [2.75, 3.05) is 17.3 Å². The van der Waals surface area contributed by atoms with Gasteiger partial charge in [-0.3, -0.25) is 0 Å². The van der Waals surface area contributed by atoms with E-state index in [9.17, 15) is 12.8 Å². The molecule has 0 amide bonds. The van der Waals surface area contributed by atoms with Crippen molar-refractivity contribution in [3.8, 4) is 0 Å². The van der Waals surface area contributed by atoms with E-state index in [1.165, 1.54) is 30.4 Å². The summed E-state index contributed by atoms with van der Waals surface area (Å²) in [5.41, 5.74) is 0.604. The van der Waals surface area contributed by atoms with E-state index in [1.54, 1.807) is 0 Å². The van der Waals surface area contributed by atoms with Gasteiger partial charge in [-0.2, -0.15) is 11.8 Å². The Morgan fingerprint density at radius 1 is 1.30 bits per heavy atom. The standard InChI is InChI=1S/C14H18FNO2S2/c15-10-3-4-14-12(8-10)13(5-7-20(14,17)18)16-11-2-1-6-19-9-11/h3-4,8,11,13,16H,1-2,5-7,9H2. The molecule has 3 rings (SSSR count). The second-order valence-electron chi connectivity index (χ2n) is 5.42. The van der Waals surface area contributed by atoms with Gasteiger partial charge in [-0.15, -0.1) is 0 Å². The minimum absolute atomic E-state index is 0.0482. The molecule has 3 nitrogen and oxygen atoms in total. The number of benzene rings is 1. The van der Waals surface area contributed by atoms with E-state index >= 15 is 0 Å². The van der Waals surface area contributed by atoms with Crippen molar-refractivity contribution in [3.05, 3.63) is 29.6 Å². The summed E-state index contributed by atoms with van der Waals surface area (Å²) in [5.74, 6) is 2.02. The largest absolute Gasteiger partial charge is 0.306 e. The summed E-state index contributed by atoms with van der Waals surface area (Å²) in [5, 5.41) is 3.53. The first-order valence-corrected chi connectivity index (χ1v) is 9.73. The zero-order valence-electron chi connectivity index (χ0n) is 11.1. The van der Waals surface area contributed by atoms with Gasteiger partial charge in [-0.25, -0.2) is 12.8 Å². The molecule has 0 bridgehead atoms. The minimum Gasteiger partial charge on any atom is -0.306 e. The molecule has 110 valence electrons. The van der Waals surface area contributed by atoms with Gasteiger partial charge in [0.25, 0.3) is 0 Å². The van der Waals surface area contributed by atoms with E-state index in [-0.39, 0.29) is 17.6 Å². The van der Waals surface area contributed by atoms with E-state index in [0.717, 1.165) is 12.2 Å². The summed E-state index contributed by atoms with van der Waals surface area (Å²) in [6, 6.07) is 4.36. The normalized spacial score (nSPS) is 28.9. The lowest BCUT2D eigenvalue weighted by Crippen LogP contribution is -2.39. The van der Waals surface area contributed by atoms with Crippen LogP contribution in [-0.2, 0) is 9.84 Å². The Kier molecular flexibility index (Phi) is 4.06. The molecule has 2 aliphatic heterocycles. The highest BCUT2D eigenvalue weighted by Crippen LogP contribution is 2.33. The number of halogens is 1. The monoisotopic (exact) mass is 315 g/mol. The Hall–Kier alpha value is -0.590. The third-order valence-corrected chi connectivity index (χ3v) is 6.99. The Morgan fingerprint density at radius 2 is 2.15 bits per heavy atom. The van der Waals surface area contributed by atoms with Gasteiger partial charge in [0.15, 0.2) is 9.84 Å². The van der Waals surface area contributed by atoms with Crippen molar-refractivity contribution >= 4 is 21.6 Å². The first kappa shape index (κ1) is 14.4. The average molecular weight is 315 g/mol. The van der Waals surface area contributed by atoms with Gasteiger partial charge in [0.05, 0.1) is 10.6 Å². The predicted octanol–water partition coefficient (Wildman–Crippen LogP) is 2.53. The molecule has 1 aromatic rings. The second kappa shape index (κ2) is 5.66. The predicted molar refractivity (Wildman–Crippen MR) is 79.3 cm³/mol. The van der Waals surface area contributed by atoms with E-state index in [1.807, 2.05) is 11.8 Å². The molecular weight excluding hydrogens is 297 g/mol. The van der Waals surface area contributed by atoms with Crippen molar-refractivity contribution in [1.82, 2.24) is 5.32 Å². The van der Waals surface area contributed by atoms with Crippen molar-refractivity contribution in [2.45, 2.75) is 36.2 Å². The van der Waals surface area contributed by atoms with Crippen molar-refractivity contribution in [3.63, 3.8) is 0 Å². The molecule has 0 spiro atoms. The van der Waals surface area contributed by atoms with Crippen molar-refractivity contribution in [1.29, 1.82) is 0 Å². The molecular formula is C14H18FNO2S2. The molecule has 6 heteroatoms. The van der Waals surface area contributed by atoms with Gasteiger partial charge in [0.2, 0.25) is 0 Å². The molecule has 0 saturated carbocycles. The molecule has 1 N–H and O–H groups in total. The topological polar surface area (TPSA) is 46.2 Å². The van der Waals surface area contributed by atoms with E-state index < -0.39 is 9.84 Å². The van der Waals surface area contributed by atoms with Crippen LogP contribution in [0.3, 0.4) is 0 Å². The molecule has 0 aromatic heterocycles. The molecule has 1 fully saturated rings. The lowest BCUT2D eigenvalue weighted by atomic mass is 10.0. The lowest BCUT2D eigenvalue weighted by molar-refractivity contribution is 0.412. The fourth-order valence-electron chi connectivity index (χ4n) is 2.94. The van der Waals surface area contributed by atoms with Crippen LogP contribution >= 0.6 is 11.8 Å². The maximum absolute atomic E-state index is 13.5. The first-order chi connectivity index (χ1) is 9.56. The van der Waals surface area contributed by atoms with Crippen molar-refractivity contribution in [2.24, 2.45) is 0 Å². The molecule has 1 saturated heterocycles. The van der Waals surface area contributed by atoms with Crippen LogP contribution in [0, 0.1) is 5.82 Å². The van der Waals surface area contributed by atoms with Gasteiger partial charge >= 0.3 is 0 Å². The van der Waals surface area contributed by atoms with Crippen LogP contribution in [0.4, 0.5) is 4.39 Å². The molecule has 2 atom stereocenters. The van der Waals surface area contributed by atoms with Crippen molar-refractivity contribution < 1.29 is 12.8 Å². The van der Waals surface area contributed by atoms with E-state index in [0.29, 0.717) is 22.9 Å². The molecule has 2 aliphatic rings. The summed E-state index contributed by atoms with van der Waals surface area (Å²) >= 11 is 1.92. The zero-order chi connectivity index (χ0) is 14.2. The van der Waals surface area contributed by atoms with Crippen LogP contribution in [0.2, 0.25) is 0 Å². The summed E-state index contributed by atoms with van der Waals surface area (Å²) in [6.45, 7) is 0. The summed E-state index contributed by atoms with van der Waals surface area (Å²) in [7, 11) is -3.24. The van der Waals surface area contributed by atoms with E-state index in [2.05, 4.69) is 5.32 Å². The smallest absolute Gasteiger partial charge is 0.178 e. The van der Waals surface area contributed by atoms with Gasteiger partial charge < -0.3 is 5.32 Å². The summed E-state index contributed by atoms with van der Waals surface area (Å²) in [6.07, 6.45) is 2.82. The fraction of sp³-hybridized carbons (Fsp3) is 0.571. The van der Waals surface area contributed by atoms with Crippen LogP contribution in [-0.4, -0.2) is 31.7 Å². The number of thioether (sulfide) groups is 1. The highest BCUT2D eigenvalue weighted by atomic mass is 32.2. The molecule has 20 heavy (non-hydrogen) atoms. The average Bonchev–Trinajstić information content (AvgIpc) is 2.43. The Labute approximate surface area is 123 Å². The lowest BCUT2D eigenvalue weighted by Gasteiger charge is -2.32. The molecule has 1 aromatic carbocycles. The Morgan fingerprint density at radius 3 is 2.90 bits per heavy atom. The van der Waals surface area contributed by atoms with Gasteiger partial charge in [-0.05, 0) is 48.8 Å². The SMILES string of the molecule is O=S1(=O)CCC(NC2CCCSC2)c2cc(F)ccc21. The van der Waals surface area contributed by atoms with Crippen LogP contribution in [0.25, 0.3) is 0 Å². The Balaban J connectivity index is 1.88. The molecule has 2 heterocycles. The molecule has 0 radical (unpaired) electrons. The number of hydrogen-bond donors (Lipinski definition) is 1. The molecule has 0 aliphatic carbocycles. The van der Waals surface area contributed by atoms with Crippen LogP contribution < -0.4 is 5.32 Å². The zero-order valence-corrected chi connectivity index (χ0v) is 12.8. The number of nitrogens with one attached hydrogen (secondary N) is 1. The fourth-order valence-corrected chi connectivity index (χ4v) is 5.63. The van der Waals surface area contributed by atoms with Gasteiger partial charge in [0.1, 0.15) is 5.82 Å². The maximum Gasteiger partial charge on any atom is 0.178 e. The Bertz CT molecular complexity index is 597. The minimum atomic E-state index is -3.24. The summed E-state index contributed by atoms with van der Waals surface area (Å²) < 4.78 is 37.6. The quantitative estimate of drug-likeness (QED) is 0.852. The number of hydrogen-bond acceptors (Lipinski definition) is 4. The third kappa shape index (κ3) is 2.87. The highest BCUT2D eigenvalue weighted by molar-refractivity contribution is 7.99. The number of fused-ring (bicyclic) bond motifs is 1. The van der Waals surface area contributed by atoms with E-state index in [4.69, 9.17) is 0 Å². The molecule has 2 unspecified atom stereocenters. The van der Waals surface area contributed by atoms with Gasteiger partial charge in [0, 0.05) is 17.8 Å².